The lowest BCUT2D eigenvalue weighted by molar-refractivity contribution is -0.0403. The molecule has 0 aliphatic carbocycles. The highest BCUT2D eigenvalue weighted by Gasteiger charge is 2.30. The minimum atomic E-state index is -0.447. The number of nitrogens with zero attached hydrogens (tertiary/aromatic N) is 2. The molecule has 0 aliphatic heterocycles. The highest BCUT2D eigenvalue weighted by molar-refractivity contribution is 4.99. The molecule has 0 saturated heterocycles. The van der Waals surface area contributed by atoms with Crippen molar-refractivity contribution in [1.82, 2.24) is 10.1 Å². The van der Waals surface area contributed by atoms with E-state index >= 15 is 0 Å². The molecule has 1 rings (SSSR count). The quantitative estimate of drug-likeness (QED) is 0.772. The van der Waals surface area contributed by atoms with Gasteiger partial charge in [-0.3, -0.25) is 0 Å². The lowest BCUT2D eigenvalue weighted by Gasteiger charge is -2.23. The van der Waals surface area contributed by atoms with Crippen LogP contribution in [-0.2, 0) is 16.8 Å². The number of nitrogens with two attached hydrogens (primary N) is 1. The third-order valence-corrected chi connectivity index (χ3v) is 3.13. The van der Waals surface area contributed by atoms with Gasteiger partial charge in [-0.15, -0.1) is 0 Å². The summed E-state index contributed by atoms with van der Waals surface area (Å²) in [5, 5.41) is 4.03. The van der Waals surface area contributed by atoms with Crippen molar-refractivity contribution in [1.29, 1.82) is 0 Å². The molecule has 1 aromatic rings. The van der Waals surface area contributed by atoms with Gasteiger partial charge in [0.1, 0.15) is 5.60 Å². The van der Waals surface area contributed by atoms with E-state index in [0.717, 1.165) is 25.7 Å². The Morgan fingerprint density at radius 2 is 2.17 bits per heavy atom. The second-order valence-electron chi connectivity index (χ2n) is 4.90. The second-order valence-corrected chi connectivity index (χ2v) is 4.90. The molecule has 18 heavy (non-hydrogen) atoms. The van der Waals surface area contributed by atoms with Crippen LogP contribution in [0.4, 0.5) is 0 Å². The average molecular weight is 255 g/mol. The normalized spacial score (nSPS) is 16.5. The van der Waals surface area contributed by atoms with Gasteiger partial charge in [-0.2, -0.15) is 4.98 Å². The summed E-state index contributed by atoms with van der Waals surface area (Å²) < 4.78 is 11.0. The summed E-state index contributed by atoms with van der Waals surface area (Å²) in [4.78, 5) is 4.43. The Morgan fingerprint density at radius 1 is 1.44 bits per heavy atom. The van der Waals surface area contributed by atoms with Crippen LogP contribution in [0.15, 0.2) is 4.52 Å². The number of aryl methyl sites for hydroxylation is 1. The zero-order valence-corrected chi connectivity index (χ0v) is 11.9. The summed E-state index contributed by atoms with van der Waals surface area (Å²) in [7, 11) is 0. The van der Waals surface area contributed by atoms with Crippen molar-refractivity contribution in [3.05, 3.63) is 11.7 Å². The van der Waals surface area contributed by atoms with E-state index in [4.69, 9.17) is 15.0 Å². The van der Waals surface area contributed by atoms with Crippen molar-refractivity contribution < 1.29 is 9.26 Å². The molecule has 0 aromatic carbocycles. The summed E-state index contributed by atoms with van der Waals surface area (Å²) in [6.45, 7) is 8.66. The van der Waals surface area contributed by atoms with Gasteiger partial charge in [0.05, 0.1) is 0 Å². The molecule has 2 unspecified atom stereocenters. The van der Waals surface area contributed by atoms with E-state index in [2.05, 4.69) is 17.1 Å². The molecule has 5 nitrogen and oxygen atoms in total. The molecule has 0 saturated carbocycles. The molecule has 0 aliphatic rings. The first-order valence-corrected chi connectivity index (χ1v) is 6.74. The Bertz CT molecular complexity index is 352. The van der Waals surface area contributed by atoms with Gasteiger partial charge in [0.15, 0.2) is 0 Å². The third kappa shape index (κ3) is 4.07. The maximum absolute atomic E-state index is 5.72. The van der Waals surface area contributed by atoms with Crippen LogP contribution in [0.3, 0.4) is 0 Å². The van der Waals surface area contributed by atoms with E-state index in [-0.39, 0.29) is 6.04 Å². The fraction of sp³-hybridized carbons (Fsp3) is 0.846. The Balaban J connectivity index is 2.61. The highest BCUT2D eigenvalue weighted by Crippen LogP contribution is 2.26. The molecule has 0 bridgehead atoms. The lowest BCUT2D eigenvalue weighted by atomic mass is 10.0. The van der Waals surface area contributed by atoms with Crippen LogP contribution in [0, 0.1) is 0 Å². The zero-order chi connectivity index (χ0) is 13.6. The first-order valence-electron chi connectivity index (χ1n) is 6.74. The van der Waals surface area contributed by atoms with Crippen LogP contribution in [-0.4, -0.2) is 22.8 Å². The van der Waals surface area contributed by atoms with Gasteiger partial charge in [-0.1, -0.05) is 12.1 Å². The van der Waals surface area contributed by atoms with Crippen molar-refractivity contribution in [2.45, 2.75) is 65.0 Å². The first kappa shape index (κ1) is 15.1. The van der Waals surface area contributed by atoms with Gasteiger partial charge in [0, 0.05) is 19.1 Å². The average Bonchev–Trinajstić information content (AvgIpc) is 2.78. The Hall–Kier alpha value is -0.940. The highest BCUT2D eigenvalue weighted by atomic mass is 16.5. The van der Waals surface area contributed by atoms with Crippen LogP contribution < -0.4 is 5.73 Å². The summed E-state index contributed by atoms with van der Waals surface area (Å²) in [6, 6.07) is 0.219. The van der Waals surface area contributed by atoms with Crippen molar-refractivity contribution >= 4 is 0 Å². The van der Waals surface area contributed by atoms with E-state index in [1.807, 2.05) is 20.8 Å². The van der Waals surface area contributed by atoms with E-state index in [0.29, 0.717) is 18.3 Å². The van der Waals surface area contributed by atoms with Gasteiger partial charge in [-0.05, 0) is 40.0 Å². The van der Waals surface area contributed by atoms with E-state index in [9.17, 15) is 0 Å². The number of rotatable bonds is 8. The molecule has 1 heterocycles. The van der Waals surface area contributed by atoms with Crippen molar-refractivity contribution in [2.75, 3.05) is 6.61 Å². The molecule has 0 spiro atoms. The van der Waals surface area contributed by atoms with E-state index in [1.54, 1.807) is 0 Å². The monoisotopic (exact) mass is 255 g/mol. The third-order valence-electron chi connectivity index (χ3n) is 3.13. The second kappa shape index (κ2) is 6.85. The first-order chi connectivity index (χ1) is 8.51. The van der Waals surface area contributed by atoms with Crippen molar-refractivity contribution in [2.24, 2.45) is 5.73 Å². The summed E-state index contributed by atoms with van der Waals surface area (Å²) >= 11 is 0. The van der Waals surface area contributed by atoms with Gasteiger partial charge in [0.2, 0.25) is 11.7 Å². The molecule has 5 heteroatoms. The predicted molar refractivity (Wildman–Crippen MR) is 70.2 cm³/mol. The van der Waals surface area contributed by atoms with Crippen LogP contribution in [0.5, 0.6) is 0 Å². The maximum Gasteiger partial charge on any atom is 0.226 e. The maximum atomic E-state index is 5.72. The van der Waals surface area contributed by atoms with Gasteiger partial charge < -0.3 is 15.0 Å². The minimum absolute atomic E-state index is 0.219. The molecule has 2 atom stereocenters. The SMILES string of the molecule is CCOC(C)(CC)c1noc(CCCC(C)N)n1. The summed E-state index contributed by atoms with van der Waals surface area (Å²) in [6.07, 6.45) is 3.53. The Kier molecular flexibility index (Phi) is 5.75. The largest absolute Gasteiger partial charge is 0.367 e. The Morgan fingerprint density at radius 3 is 2.72 bits per heavy atom. The Labute approximate surface area is 109 Å². The number of hydrogen-bond acceptors (Lipinski definition) is 5. The van der Waals surface area contributed by atoms with Gasteiger partial charge in [-0.25, -0.2) is 0 Å². The molecule has 0 amide bonds. The zero-order valence-electron chi connectivity index (χ0n) is 11.9. The molecule has 2 N–H and O–H groups in total. The van der Waals surface area contributed by atoms with Crippen molar-refractivity contribution in [3.8, 4) is 0 Å². The van der Waals surface area contributed by atoms with Crippen LogP contribution in [0.25, 0.3) is 0 Å². The van der Waals surface area contributed by atoms with E-state index < -0.39 is 5.60 Å². The van der Waals surface area contributed by atoms with Crippen LogP contribution in [0.2, 0.25) is 0 Å². The fourth-order valence-corrected chi connectivity index (χ4v) is 1.79. The number of ether oxygens (including phenoxy) is 1. The van der Waals surface area contributed by atoms with E-state index in [1.165, 1.54) is 0 Å². The smallest absolute Gasteiger partial charge is 0.226 e. The van der Waals surface area contributed by atoms with Crippen LogP contribution >= 0.6 is 0 Å². The lowest BCUT2D eigenvalue weighted by Crippen LogP contribution is -2.26. The van der Waals surface area contributed by atoms with Crippen LogP contribution in [0.1, 0.15) is 58.7 Å². The molecule has 0 fully saturated rings. The van der Waals surface area contributed by atoms with Gasteiger partial charge >= 0.3 is 0 Å². The molecular formula is C13H25N3O2. The minimum Gasteiger partial charge on any atom is -0.367 e. The summed E-state index contributed by atoms with van der Waals surface area (Å²) in [5.41, 5.74) is 5.26. The molecule has 1 aromatic heterocycles. The number of aromatic nitrogens is 2. The fourth-order valence-electron chi connectivity index (χ4n) is 1.79. The van der Waals surface area contributed by atoms with Crippen molar-refractivity contribution in [3.63, 3.8) is 0 Å². The topological polar surface area (TPSA) is 74.2 Å². The standard InChI is InChI=1S/C13H25N3O2/c1-5-13(4,17-6-2)12-15-11(18-16-12)9-7-8-10(3)14/h10H,5-9,14H2,1-4H3. The summed E-state index contributed by atoms with van der Waals surface area (Å²) in [5.74, 6) is 1.31. The van der Waals surface area contributed by atoms with Gasteiger partial charge in [0.25, 0.3) is 0 Å². The molecule has 104 valence electrons. The number of hydrogen-bond donors (Lipinski definition) is 1. The molecule has 0 radical (unpaired) electrons. The predicted octanol–water partition coefficient (Wildman–Crippen LogP) is 2.40. The molecular weight excluding hydrogens is 230 g/mol.